The Morgan fingerprint density at radius 1 is 1.00 bits per heavy atom. The van der Waals surface area contributed by atoms with Crippen molar-refractivity contribution in [3.63, 3.8) is 0 Å². The first-order chi connectivity index (χ1) is 15.3. The first kappa shape index (κ1) is 21.0. The molecule has 0 saturated carbocycles. The minimum Gasteiger partial charge on any atom is -0.483 e. The first-order valence-electron chi connectivity index (χ1n) is 10.5. The van der Waals surface area contributed by atoms with E-state index in [0.29, 0.717) is 29.6 Å². The molecule has 3 aromatic rings. The van der Waals surface area contributed by atoms with Crippen LogP contribution < -0.4 is 10.1 Å². The molecule has 4 rings (SSSR count). The second-order valence-electron chi connectivity index (χ2n) is 7.22. The highest BCUT2D eigenvalue weighted by Crippen LogP contribution is 2.30. The summed E-state index contributed by atoms with van der Waals surface area (Å²) in [6.07, 6.45) is 0.895. The molecule has 162 valence electrons. The van der Waals surface area contributed by atoms with Crippen LogP contribution in [0.3, 0.4) is 0 Å². The van der Waals surface area contributed by atoms with Crippen molar-refractivity contribution in [2.45, 2.75) is 6.42 Å². The predicted molar refractivity (Wildman–Crippen MR) is 116 cm³/mol. The van der Waals surface area contributed by atoms with Gasteiger partial charge in [0.05, 0.1) is 18.8 Å². The Labute approximate surface area is 181 Å². The van der Waals surface area contributed by atoms with E-state index in [9.17, 15) is 4.79 Å². The number of rotatable bonds is 9. The molecule has 0 bridgehead atoms. The summed E-state index contributed by atoms with van der Waals surface area (Å²) in [5, 5.41) is 11.2. The Balaban J connectivity index is 1.29. The second kappa shape index (κ2) is 10.7. The van der Waals surface area contributed by atoms with Gasteiger partial charge in [-0.1, -0.05) is 30.3 Å². The third-order valence-electron chi connectivity index (χ3n) is 5.00. The zero-order chi connectivity index (χ0) is 21.3. The summed E-state index contributed by atoms with van der Waals surface area (Å²) in [4.78, 5) is 14.5. The number of para-hydroxylation sites is 1. The molecule has 1 aliphatic heterocycles. The van der Waals surface area contributed by atoms with Crippen LogP contribution in [0, 0.1) is 0 Å². The molecule has 1 fully saturated rings. The van der Waals surface area contributed by atoms with Crippen molar-refractivity contribution in [1.82, 2.24) is 20.4 Å². The number of ether oxygens (including phenoxy) is 2. The number of aromatic nitrogens is 2. The van der Waals surface area contributed by atoms with E-state index < -0.39 is 0 Å². The largest absolute Gasteiger partial charge is 0.483 e. The fourth-order valence-electron chi connectivity index (χ4n) is 3.35. The molecule has 0 unspecified atom stereocenters. The highest BCUT2D eigenvalue weighted by atomic mass is 16.5. The minimum absolute atomic E-state index is 0.0752. The van der Waals surface area contributed by atoms with E-state index in [2.05, 4.69) is 20.4 Å². The van der Waals surface area contributed by atoms with Crippen LogP contribution in [0.1, 0.15) is 6.42 Å². The van der Waals surface area contributed by atoms with Crippen molar-refractivity contribution in [2.24, 2.45) is 0 Å². The summed E-state index contributed by atoms with van der Waals surface area (Å²) in [5.41, 5.74) is 1.49. The Hall–Kier alpha value is -3.23. The Bertz CT molecular complexity index is 970. The van der Waals surface area contributed by atoms with Crippen LogP contribution in [0.4, 0.5) is 0 Å². The zero-order valence-electron chi connectivity index (χ0n) is 17.3. The molecule has 0 aliphatic carbocycles. The maximum atomic E-state index is 12.2. The van der Waals surface area contributed by atoms with E-state index in [1.165, 1.54) is 0 Å². The lowest BCUT2D eigenvalue weighted by Crippen LogP contribution is -2.38. The Morgan fingerprint density at radius 2 is 1.74 bits per heavy atom. The molecule has 31 heavy (non-hydrogen) atoms. The molecule has 8 heteroatoms. The van der Waals surface area contributed by atoms with E-state index in [4.69, 9.17) is 13.9 Å². The van der Waals surface area contributed by atoms with Gasteiger partial charge in [0.2, 0.25) is 5.89 Å². The number of hydrogen-bond acceptors (Lipinski definition) is 7. The molecule has 1 aliphatic rings. The highest BCUT2D eigenvalue weighted by Gasteiger charge is 2.15. The summed E-state index contributed by atoms with van der Waals surface area (Å²) < 4.78 is 16.9. The average Bonchev–Trinajstić information content (AvgIpc) is 3.32. The van der Waals surface area contributed by atoms with Crippen LogP contribution in [-0.4, -0.2) is 67.0 Å². The fraction of sp³-hybridized carbons (Fsp3) is 0.348. The third-order valence-corrected chi connectivity index (χ3v) is 5.00. The standard InChI is InChI=1S/C23H26N4O4/c28-21(24-11-6-12-27-13-15-29-16-14-27)17-30-20-10-5-4-9-19(20)23-26-25-22(31-23)18-7-2-1-3-8-18/h1-5,7-10H,6,11-17H2,(H,24,28). The smallest absolute Gasteiger partial charge is 0.257 e. The van der Waals surface area contributed by atoms with Crippen molar-refractivity contribution >= 4 is 5.91 Å². The Morgan fingerprint density at radius 3 is 2.58 bits per heavy atom. The maximum Gasteiger partial charge on any atom is 0.257 e. The number of nitrogens with zero attached hydrogens (tertiary/aromatic N) is 3. The highest BCUT2D eigenvalue weighted by molar-refractivity contribution is 5.77. The van der Waals surface area contributed by atoms with Crippen molar-refractivity contribution < 1.29 is 18.7 Å². The maximum absolute atomic E-state index is 12.2. The number of amides is 1. The number of carbonyl (C=O) groups excluding carboxylic acids is 1. The molecule has 1 saturated heterocycles. The molecule has 1 N–H and O–H groups in total. The second-order valence-corrected chi connectivity index (χ2v) is 7.22. The van der Waals surface area contributed by atoms with Gasteiger partial charge < -0.3 is 19.2 Å². The van der Waals surface area contributed by atoms with Gasteiger partial charge in [-0.15, -0.1) is 10.2 Å². The van der Waals surface area contributed by atoms with Crippen molar-refractivity contribution in [3.05, 3.63) is 54.6 Å². The number of nitrogens with one attached hydrogen (secondary N) is 1. The van der Waals surface area contributed by atoms with Crippen LogP contribution in [-0.2, 0) is 9.53 Å². The van der Waals surface area contributed by atoms with Gasteiger partial charge in [-0.05, 0) is 37.2 Å². The summed E-state index contributed by atoms with van der Waals surface area (Å²) in [5.74, 6) is 1.14. The molecular weight excluding hydrogens is 396 g/mol. The van der Waals surface area contributed by atoms with Crippen molar-refractivity contribution in [3.8, 4) is 28.7 Å². The van der Waals surface area contributed by atoms with Gasteiger partial charge >= 0.3 is 0 Å². The van der Waals surface area contributed by atoms with Gasteiger partial charge in [-0.25, -0.2) is 0 Å². The van der Waals surface area contributed by atoms with Crippen LogP contribution in [0.15, 0.2) is 59.0 Å². The fourth-order valence-corrected chi connectivity index (χ4v) is 3.35. The molecule has 0 radical (unpaired) electrons. The lowest BCUT2D eigenvalue weighted by Gasteiger charge is -2.26. The number of morpholine rings is 1. The minimum atomic E-state index is -0.160. The van der Waals surface area contributed by atoms with Crippen LogP contribution >= 0.6 is 0 Å². The van der Waals surface area contributed by atoms with E-state index in [-0.39, 0.29) is 12.5 Å². The summed E-state index contributed by atoms with van der Waals surface area (Å²) >= 11 is 0. The van der Waals surface area contributed by atoms with Gasteiger partial charge in [-0.3, -0.25) is 9.69 Å². The summed E-state index contributed by atoms with van der Waals surface area (Å²) in [6, 6.07) is 16.9. The van der Waals surface area contributed by atoms with E-state index in [1.54, 1.807) is 6.07 Å². The molecule has 0 atom stereocenters. The van der Waals surface area contributed by atoms with Crippen LogP contribution in [0.5, 0.6) is 5.75 Å². The zero-order valence-corrected chi connectivity index (χ0v) is 17.3. The number of carbonyl (C=O) groups is 1. The topological polar surface area (TPSA) is 89.7 Å². The monoisotopic (exact) mass is 422 g/mol. The van der Waals surface area contributed by atoms with Gasteiger partial charge in [0.25, 0.3) is 11.8 Å². The van der Waals surface area contributed by atoms with Gasteiger partial charge in [-0.2, -0.15) is 0 Å². The van der Waals surface area contributed by atoms with Crippen LogP contribution in [0.25, 0.3) is 22.9 Å². The van der Waals surface area contributed by atoms with Gasteiger partial charge in [0.15, 0.2) is 6.61 Å². The number of hydrogen-bond donors (Lipinski definition) is 1. The predicted octanol–water partition coefficient (Wildman–Crippen LogP) is 2.62. The molecule has 8 nitrogen and oxygen atoms in total. The Kier molecular flexibility index (Phi) is 7.25. The van der Waals surface area contributed by atoms with Crippen molar-refractivity contribution in [2.75, 3.05) is 46.0 Å². The molecule has 2 aromatic carbocycles. The van der Waals surface area contributed by atoms with Crippen molar-refractivity contribution in [1.29, 1.82) is 0 Å². The number of benzene rings is 2. The first-order valence-corrected chi connectivity index (χ1v) is 10.5. The summed E-state index contributed by atoms with van der Waals surface area (Å²) in [6.45, 7) is 4.97. The third kappa shape index (κ3) is 5.90. The van der Waals surface area contributed by atoms with E-state index in [1.807, 2.05) is 48.5 Å². The van der Waals surface area contributed by atoms with Gasteiger partial charge in [0.1, 0.15) is 5.75 Å². The molecular formula is C23H26N4O4. The normalized spacial score (nSPS) is 14.3. The molecule has 0 spiro atoms. The SMILES string of the molecule is O=C(COc1ccccc1-c1nnc(-c2ccccc2)o1)NCCCN1CCOCC1. The lowest BCUT2D eigenvalue weighted by atomic mass is 10.2. The molecule has 1 aromatic heterocycles. The quantitative estimate of drug-likeness (QED) is 0.530. The molecule has 1 amide bonds. The van der Waals surface area contributed by atoms with Gasteiger partial charge in [0, 0.05) is 25.2 Å². The van der Waals surface area contributed by atoms with E-state index in [0.717, 1.165) is 44.8 Å². The van der Waals surface area contributed by atoms with Crippen LogP contribution in [0.2, 0.25) is 0 Å². The van der Waals surface area contributed by atoms with E-state index >= 15 is 0 Å². The average molecular weight is 422 g/mol. The summed E-state index contributed by atoms with van der Waals surface area (Å²) in [7, 11) is 0. The lowest BCUT2D eigenvalue weighted by molar-refractivity contribution is -0.123. The molecule has 2 heterocycles.